The summed E-state index contributed by atoms with van der Waals surface area (Å²) in [5.41, 5.74) is 2.05. The molecule has 5 heteroatoms. The highest BCUT2D eigenvalue weighted by atomic mass is 16.4. The highest BCUT2D eigenvalue weighted by Crippen LogP contribution is 2.63. The number of carboxylic acid groups (broad SMARTS) is 2. The first-order valence-electron chi connectivity index (χ1n) is 18.0. The minimum Gasteiger partial charge on any atom is -0.481 e. The first-order valence-corrected chi connectivity index (χ1v) is 18.0. The zero-order valence-electron chi connectivity index (χ0n) is 29.3. The Labute approximate surface area is 273 Å². The van der Waals surface area contributed by atoms with E-state index in [9.17, 15) is 24.6 Å². The summed E-state index contributed by atoms with van der Waals surface area (Å²) in [6.07, 6.45) is 17.2. The molecule has 2 N–H and O–H groups in total. The van der Waals surface area contributed by atoms with Gasteiger partial charge in [0.1, 0.15) is 6.29 Å². The molecule has 0 spiro atoms. The number of hydrogen-bond donors (Lipinski definition) is 2. The fourth-order valence-electron chi connectivity index (χ4n) is 11.3. The average molecular weight is 623 g/mol. The van der Waals surface area contributed by atoms with E-state index in [0.717, 1.165) is 108 Å². The van der Waals surface area contributed by atoms with E-state index in [2.05, 4.69) is 46.9 Å². The van der Waals surface area contributed by atoms with Crippen molar-refractivity contribution < 1.29 is 24.6 Å². The Hall–Kier alpha value is -2.17. The van der Waals surface area contributed by atoms with E-state index in [1.165, 1.54) is 11.1 Å². The van der Waals surface area contributed by atoms with Crippen molar-refractivity contribution in [1.29, 1.82) is 0 Å². The van der Waals surface area contributed by atoms with E-state index in [0.29, 0.717) is 17.8 Å². The van der Waals surface area contributed by atoms with Gasteiger partial charge in [-0.05, 0) is 149 Å². The van der Waals surface area contributed by atoms with Crippen LogP contribution >= 0.6 is 0 Å². The van der Waals surface area contributed by atoms with Crippen molar-refractivity contribution in [2.75, 3.05) is 0 Å². The molecule has 4 aliphatic carbocycles. The van der Waals surface area contributed by atoms with Gasteiger partial charge < -0.3 is 10.2 Å². The first-order chi connectivity index (χ1) is 21.0. The molecule has 0 heterocycles. The summed E-state index contributed by atoms with van der Waals surface area (Å²) in [4.78, 5) is 37.0. The van der Waals surface area contributed by atoms with E-state index >= 15 is 0 Å². The smallest absolute Gasteiger partial charge is 0.309 e. The molecular weight excluding hydrogens is 560 g/mol. The number of carbonyl (C=O) groups is 3. The van der Waals surface area contributed by atoms with E-state index in [1.807, 2.05) is 13.8 Å². The molecule has 4 aliphatic rings. The van der Waals surface area contributed by atoms with Gasteiger partial charge in [-0.3, -0.25) is 14.4 Å². The number of rotatable bonds is 12. The Kier molecular flexibility index (Phi) is 10.7. The Morgan fingerprint density at radius 1 is 0.800 bits per heavy atom. The lowest BCUT2D eigenvalue weighted by Crippen LogP contribution is -2.53. The molecule has 10 atom stereocenters. The summed E-state index contributed by atoms with van der Waals surface area (Å²) in [7, 11) is 0. The molecule has 0 amide bonds. The van der Waals surface area contributed by atoms with Crippen LogP contribution in [0, 0.1) is 57.2 Å². The van der Waals surface area contributed by atoms with Crippen LogP contribution in [0.15, 0.2) is 36.0 Å². The summed E-state index contributed by atoms with van der Waals surface area (Å²) < 4.78 is 0. The van der Waals surface area contributed by atoms with Gasteiger partial charge >= 0.3 is 11.9 Å². The van der Waals surface area contributed by atoms with Crippen LogP contribution in [-0.2, 0) is 14.4 Å². The quantitative estimate of drug-likeness (QED) is 0.128. The van der Waals surface area contributed by atoms with Crippen molar-refractivity contribution in [3.05, 3.63) is 36.0 Å². The maximum Gasteiger partial charge on any atom is 0.309 e. The standard InChI is InChI=1S/C40H62O5/c1-26(12-17-31-28(3)14-19-33-37(31,5)21-9-23-39(33,7)35(42)43)11-16-30(25-41)27(2)13-18-32-29(4)15-20-34-38(32,6)22-10-24-40(34,8)36(44)45/h16,25-27,31-34H,3-4,9-15,17-24H2,1-2,5-8H3,(H,42,43)(H,44,45). The molecule has 0 bridgehead atoms. The predicted octanol–water partition coefficient (Wildman–Crippen LogP) is 10.1. The van der Waals surface area contributed by atoms with Crippen molar-refractivity contribution in [3.8, 4) is 0 Å². The van der Waals surface area contributed by atoms with Crippen molar-refractivity contribution in [2.45, 2.75) is 138 Å². The molecule has 0 saturated heterocycles. The maximum atomic E-state index is 12.4. The fourth-order valence-corrected chi connectivity index (χ4v) is 11.3. The Balaban J connectivity index is 1.36. The SMILES string of the molecule is C=C1CCC2C(C)(C(=O)O)CCCC2(C)C1CCC(C)CC=C(C=O)C(C)CCC1C(=C)CCC2C(C)(C(=O)O)CCCC12C. The van der Waals surface area contributed by atoms with E-state index in [1.54, 1.807) is 0 Å². The second-order valence-corrected chi connectivity index (χ2v) is 17.0. The summed E-state index contributed by atoms with van der Waals surface area (Å²) >= 11 is 0. The van der Waals surface area contributed by atoms with Gasteiger partial charge in [-0.15, -0.1) is 0 Å². The van der Waals surface area contributed by atoms with Crippen LogP contribution in [0.4, 0.5) is 0 Å². The van der Waals surface area contributed by atoms with Crippen LogP contribution < -0.4 is 0 Å². The van der Waals surface area contributed by atoms with Crippen LogP contribution in [0.25, 0.3) is 0 Å². The Morgan fingerprint density at radius 3 is 1.67 bits per heavy atom. The van der Waals surface area contributed by atoms with Crippen LogP contribution in [0.3, 0.4) is 0 Å². The molecular formula is C40H62O5. The number of carboxylic acids is 2. The van der Waals surface area contributed by atoms with E-state index in [4.69, 9.17) is 0 Å². The molecule has 5 nitrogen and oxygen atoms in total. The van der Waals surface area contributed by atoms with Gasteiger partial charge in [0.2, 0.25) is 0 Å². The van der Waals surface area contributed by atoms with Crippen LogP contribution in [-0.4, -0.2) is 28.4 Å². The molecule has 4 fully saturated rings. The average Bonchev–Trinajstić information content (AvgIpc) is 2.96. The maximum absolute atomic E-state index is 12.4. The zero-order valence-corrected chi connectivity index (χ0v) is 29.3. The summed E-state index contributed by atoms with van der Waals surface area (Å²) in [5, 5.41) is 20.3. The van der Waals surface area contributed by atoms with Crippen molar-refractivity contribution in [2.24, 2.45) is 57.2 Å². The molecule has 0 aromatic heterocycles. The van der Waals surface area contributed by atoms with Crippen LogP contribution in [0.5, 0.6) is 0 Å². The number of allylic oxidation sites excluding steroid dienone is 4. The van der Waals surface area contributed by atoms with Gasteiger partial charge in [0.05, 0.1) is 10.8 Å². The predicted molar refractivity (Wildman–Crippen MR) is 182 cm³/mol. The number of aliphatic carboxylic acids is 2. The lowest BCUT2D eigenvalue weighted by atomic mass is 9.46. The minimum atomic E-state index is -0.670. The van der Waals surface area contributed by atoms with Crippen molar-refractivity contribution >= 4 is 18.2 Å². The number of aldehydes is 1. The molecule has 10 unspecified atom stereocenters. The molecule has 0 aromatic carbocycles. The fraction of sp³-hybridized carbons (Fsp3) is 0.775. The third-order valence-electron chi connectivity index (χ3n) is 14.3. The molecule has 45 heavy (non-hydrogen) atoms. The molecule has 0 aromatic rings. The van der Waals surface area contributed by atoms with Gasteiger partial charge in [-0.25, -0.2) is 0 Å². The van der Waals surface area contributed by atoms with Crippen LogP contribution in [0.2, 0.25) is 0 Å². The zero-order chi connectivity index (χ0) is 33.4. The number of fused-ring (bicyclic) bond motifs is 2. The largest absolute Gasteiger partial charge is 0.481 e. The van der Waals surface area contributed by atoms with Gasteiger partial charge in [0.25, 0.3) is 0 Å². The molecule has 0 aliphatic heterocycles. The molecule has 252 valence electrons. The summed E-state index contributed by atoms with van der Waals surface area (Å²) in [5.74, 6) is 0.267. The van der Waals surface area contributed by atoms with Crippen molar-refractivity contribution in [3.63, 3.8) is 0 Å². The monoisotopic (exact) mass is 622 g/mol. The molecule has 0 radical (unpaired) electrons. The highest BCUT2D eigenvalue weighted by molar-refractivity contribution is 5.75. The van der Waals surface area contributed by atoms with Gasteiger partial charge in [-0.2, -0.15) is 0 Å². The van der Waals surface area contributed by atoms with Crippen LogP contribution in [0.1, 0.15) is 138 Å². The molecule has 4 saturated carbocycles. The van der Waals surface area contributed by atoms with Crippen molar-refractivity contribution in [1.82, 2.24) is 0 Å². The van der Waals surface area contributed by atoms with E-state index < -0.39 is 22.8 Å². The summed E-state index contributed by atoms with van der Waals surface area (Å²) in [6.45, 7) is 22.0. The second-order valence-electron chi connectivity index (χ2n) is 17.0. The lowest BCUT2D eigenvalue weighted by Gasteiger charge is -2.57. The number of hydrogen-bond acceptors (Lipinski definition) is 3. The topological polar surface area (TPSA) is 91.7 Å². The minimum absolute atomic E-state index is 0.0161. The molecule has 4 rings (SSSR count). The van der Waals surface area contributed by atoms with Gasteiger partial charge in [-0.1, -0.05) is 70.9 Å². The second kappa shape index (κ2) is 13.5. The van der Waals surface area contributed by atoms with Gasteiger partial charge in [0, 0.05) is 0 Å². The third kappa shape index (κ3) is 6.53. The van der Waals surface area contributed by atoms with E-state index in [-0.39, 0.29) is 28.6 Å². The normalized spacial score (nSPS) is 40.2. The Morgan fingerprint density at radius 2 is 1.24 bits per heavy atom. The highest BCUT2D eigenvalue weighted by Gasteiger charge is 2.58. The van der Waals surface area contributed by atoms with Gasteiger partial charge in [0.15, 0.2) is 0 Å². The Bertz CT molecular complexity index is 1200. The lowest BCUT2D eigenvalue weighted by molar-refractivity contribution is -0.164. The third-order valence-corrected chi connectivity index (χ3v) is 14.3. The first kappa shape index (κ1) is 35.7. The number of carbonyl (C=O) groups excluding carboxylic acids is 1. The summed E-state index contributed by atoms with van der Waals surface area (Å²) in [6, 6.07) is 0.